The van der Waals surface area contributed by atoms with Gasteiger partial charge in [-0.3, -0.25) is 0 Å². The van der Waals surface area contributed by atoms with E-state index < -0.39 is 0 Å². The number of methoxy groups -OCH3 is 1. The first kappa shape index (κ1) is 10.8. The van der Waals surface area contributed by atoms with Crippen LogP contribution in [0.1, 0.15) is 11.1 Å². The van der Waals surface area contributed by atoms with Crippen molar-refractivity contribution >= 4 is 23.6 Å². The van der Waals surface area contributed by atoms with Gasteiger partial charge in [0.25, 0.3) is 0 Å². The molecule has 0 fully saturated rings. The van der Waals surface area contributed by atoms with E-state index in [1.165, 1.54) is 13.2 Å². The molecule has 1 rings (SSSR count). The van der Waals surface area contributed by atoms with Gasteiger partial charge in [0.1, 0.15) is 0 Å². The molecule has 0 aliphatic rings. The van der Waals surface area contributed by atoms with Crippen molar-refractivity contribution in [2.75, 3.05) is 7.11 Å². The number of halogens is 1. The van der Waals surface area contributed by atoms with E-state index in [4.69, 9.17) is 11.6 Å². The average Bonchev–Trinajstić information content (AvgIpc) is 2.19. The van der Waals surface area contributed by atoms with Crippen molar-refractivity contribution < 1.29 is 9.53 Å². The van der Waals surface area contributed by atoms with Crippen molar-refractivity contribution in [3.63, 3.8) is 0 Å². The molecule has 0 saturated heterocycles. The molecule has 0 spiro atoms. The summed E-state index contributed by atoms with van der Waals surface area (Å²) in [7, 11) is 1.34. The second-order valence-corrected chi connectivity index (χ2v) is 3.27. The number of carbonyl (C=O) groups is 1. The number of rotatable bonds is 2. The minimum absolute atomic E-state index is 0.373. The van der Waals surface area contributed by atoms with E-state index in [0.29, 0.717) is 5.02 Å². The van der Waals surface area contributed by atoms with Gasteiger partial charge in [-0.2, -0.15) is 0 Å². The zero-order chi connectivity index (χ0) is 10.6. The first-order valence-corrected chi connectivity index (χ1v) is 4.53. The van der Waals surface area contributed by atoms with Crippen LogP contribution in [0.5, 0.6) is 0 Å². The molecule has 2 nitrogen and oxygen atoms in total. The van der Waals surface area contributed by atoms with Gasteiger partial charge in [-0.1, -0.05) is 23.7 Å². The molecule has 0 radical (unpaired) electrons. The number of hydrogen-bond donors (Lipinski definition) is 0. The van der Waals surface area contributed by atoms with Crippen LogP contribution in [0.4, 0.5) is 0 Å². The topological polar surface area (TPSA) is 26.3 Å². The Labute approximate surface area is 88.1 Å². The third-order valence-corrected chi connectivity index (χ3v) is 2.22. The Morgan fingerprint density at radius 2 is 2.21 bits per heavy atom. The largest absolute Gasteiger partial charge is 0.466 e. The molecule has 3 heteroatoms. The molecular formula is C11H11ClO2. The van der Waals surface area contributed by atoms with Gasteiger partial charge < -0.3 is 4.74 Å². The van der Waals surface area contributed by atoms with Crippen molar-refractivity contribution in [3.8, 4) is 0 Å². The summed E-state index contributed by atoms with van der Waals surface area (Å²) in [5.41, 5.74) is 1.90. The van der Waals surface area contributed by atoms with Crippen LogP contribution in [-0.2, 0) is 9.53 Å². The number of aryl methyl sites for hydroxylation is 1. The summed E-state index contributed by atoms with van der Waals surface area (Å²) in [6.07, 6.45) is 3.03. The predicted molar refractivity (Wildman–Crippen MR) is 57.2 cm³/mol. The standard InChI is InChI=1S/C11H11ClO2/c1-8-3-4-9(7-10(8)12)5-6-11(13)14-2/h3-7H,1-2H3/b6-5+. The third-order valence-electron chi connectivity index (χ3n) is 1.81. The number of benzene rings is 1. The monoisotopic (exact) mass is 210 g/mol. The molecule has 0 heterocycles. The highest BCUT2D eigenvalue weighted by Gasteiger charge is 1.96. The molecule has 0 aliphatic carbocycles. The lowest BCUT2D eigenvalue weighted by molar-refractivity contribution is -0.134. The molecule has 1 aromatic rings. The fourth-order valence-corrected chi connectivity index (χ4v) is 1.13. The fourth-order valence-electron chi connectivity index (χ4n) is 0.945. The summed E-state index contributed by atoms with van der Waals surface area (Å²) in [6.45, 7) is 1.93. The third kappa shape index (κ3) is 2.89. The normalized spacial score (nSPS) is 10.5. The number of carbonyl (C=O) groups excluding carboxylic acids is 1. The second kappa shape index (κ2) is 4.82. The summed E-state index contributed by atoms with van der Waals surface area (Å²) in [6, 6.07) is 5.59. The van der Waals surface area contributed by atoms with Crippen LogP contribution in [0.2, 0.25) is 5.02 Å². The number of esters is 1. The van der Waals surface area contributed by atoms with Crippen molar-refractivity contribution in [2.45, 2.75) is 6.92 Å². The Bertz CT molecular complexity index is 370. The maximum atomic E-state index is 10.8. The zero-order valence-corrected chi connectivity index (χ0v) is 8.84. The highest BCUT2D eigenvalue weighted by molar-refractivity contribution is 6.31. The molecule has 1 aromatic carbocycles. The smallest absolute Gasteiger partial charge is 0.330 e. The number of hydrogen-bond acceptors (Lipinski definition) is 2. The van der Waals surface area contributed by atoms with E-state index in [1.54, 1.807) is 12.1 Å². The second-order valence-electron chi connectivity index (χ2n) is 2.87. The van der Waals surface area contributed by atoms with Gasteiger partial charge in [-0.15, -0.1) is 0 Å². The van der Waals surface area contributed by atoms with Gasteiger partial charge in [-0.05, 0) is 30.2 Å². The summed E-state index contributed by atoms with van der Waals surface area (Å²) in [5, 5.41) is 0.692. The summed E-state index contributed by atoms with van der Waals surface area (Å²) in [4.78, 5) is 10.8. The molecule has 0 N–H and O–H groups in total. The predicted octanol–water partition coefficient (Wildman–Crippen LogP) is 2.83. The van der Waals surface area contributed by atoms with Crippen molar-refractivity contribution in [1.82, 2.24) is 0 Å². The van der Waals surface area contributed by atoms with Crippen LogP contribution < -0.4 is 0 Å². The van der Waals surface area contributed by atoms with Gasteiger partial charge in [0, 0.05) is 11.1 Å². The molecule has 0 aromatic heterocycles. The van der Waals surface area contributed by atoms with E-state index in [1.807, 2.05) is 19.1 Å². The Morgan fingerprint density at radius 3 is 2.79 bits per heavy atom. The average molecular weight is 211 g/mol. The fraction of sp³-hybridized carbons (Fsp3) is 0.182. The van der Waals surface area contributed by atoms with Crippen LogP contribution in [0.3, 0.4) is 0 Å². The van der Waals surface area contributed by atoms with Gasteiger partial charge in [0.05, 0.1) is 7.11 Å². The molecule has 0 amide bonds. The van der Waals surface area contributed by atoms with Crippen molar-refractivity contribution in [3.05, 3.63) is 40.4 Å². The summed E-state index contributed by atoms with van der Waals surface area (Å²) < 4.78 is 4.47. The van der Waals surface area contributed by atoms with E-state index in [0.717, 1.165) is 11.1 Å². The Kier molecular flexibility index (Phi) is 3.72. The first-order valence-electron chi connectivity index (χ1n) is 4.15. The van der Waals surface area contributed by atoms with Gasteiger partial charge in [-0.25, -0.2) is 4.79 Å². The molecule has 74 valence electrons. The van der Waals surface area contributed by atoms with Crippen LogP contribution >= 0.6 is 11.6 Å². The number of ether oxygens (including phenoxy) is 1. The van der Waals surface area contributed by atoms with Gasteiger partial charge in [0.2, 0.25) is 0 Å². The zero-order valence-electron chi connectivity index (χ0n) is 8.08. The minimum atomic E-state index is -0.373. The molecule has 0 saturated carbocycles. The molecule has 14 heavy (non-hydrogen) atoms. The molecule has 0 bridgehead atoms. The van der Waals surface area contributed by atoms with Crippen LogP contribution in [0, 0.1) is 6.92 Å². The van der Waals surface area contributed by atoms with Crippen LogP contribution in [-0.4, -0.2) is 13.1 Å². The van der Waals surface area contributed by atoms with Gasteiger partial charge in [0.15, 0.2) is 0 Å². The lowest BCUT2D eigenvalue weighted by Gasteiger charge is -1.98. The van der Waals surface area contributed by atoms with E-state index in [-0.39, 0.29) is 5.97 Å². The Hall–Kier alpha value is -1.28. The maximum absolute atomic E-state index is 10.8. The lowest BCUT2D eigenvalue weighted by Crippen LogP contribution is -1.93. The molecule has 0 aliphatic heterocycles. The maximum Gasteiger partial charge on any atom is 0.330 e. The quantitative estimate of drug-likeness (QED) is 0.554. The van der Waals surface area contributed by atoms with Gasteiger partial charge >= 0.3 is 5.97 Å². The van der Waals surface area contributed by atoms with Crippen LogP contribution in [0.15, 0.2) is 24.3 Å². The molecular weight excluding hydrogens is 200 g/mol. The SMILES string of the molecule is COC(=O)/C=C/c1ccc(C)c(Cl)c1. The first-order chi connectivity index (χ1) is 6.63. The van der Waals surface area contributed by atoms with E-state index in [9.17, 15) is 4.79 Å². The highest BCUT2D eigenvalue weighted by Crippen LogP contribution is 2.17. The van der Waals surface area contributed by atoms with Crippen molar-refractivity contribution in [2.24, 2.45) is 0 Å². The lowest BCUT2D eigenvalue weighted by atomic mass is 10.1. The summed E-state index contributed by atoms with van der Waals surface area (Å²) in [5.74, 6) is -0.373. The molecule has 0 atom stereocenters. The minimum Gasteiger partial charge on any atom is -0.466 e. The Balaban J connectivity index is 2.83. The van der Waals surface area contributed by atoms with E-state index >= 15 is 0 Å². The Morgan fingerprint density at radius 1 is 1.50 bits per heavy atom. The molecule has 0 unspecified atom stereocenters. The highest BCUT2D eigenvalue weighted by atomic mass is 35.5. The van der Waals surface area contributed by atoms with Crippen molar-refractivity contribution in [1.29, 1.82) is 0 Å². The van der Waals surface area contributed by atoms with E-state index in [2.05, 4.69) is 4.74 Å². The van der Waals surface area contributed by atoms with Crippen LogP contribution in [0.25, 0.3) is 6.08 Å². The summed E-state index contributed by atoms with van der Waals surface area (Å²) >= 11 is 5.91.